The molecule has 8 nitrogen and oxygen atoms in total. The highest BCUT2D eigenvalue weighted by atomic mass is 16.5. The molecular weight excluding hydrogens is 440 g/mol. The van der Waals surface area contributed by atoms with Gasteiger partial charge in [0.25, 0.3) is 5.91 Å². The van der Waals surface area contributed by atoms with Crippen LogP contribution in [0.1, 0.15) is 46.1 Å². The lowest BCUT2D eigenvalue weighted by Crippen LogP contribution is -2.39. The number of imidazole rings is 1. The van der Waals surface area contributed by atoms with E-state index in [4.69, 9.17) is 4.74 Å². The molecule has 1 aliphatic heterocycles. The average molecular weight is 469 g/mol. The summed E-state index contributed by atoms with van der Waals surface area (Å²) in [5, 5.41) is 0. The number of aryl methyl sites for hydroxylation is 1. The van der Waals surface area contributed by atoms with Gasteiger partial charge in [0.2, 0.25) is 0 Å². The number of para-hydroxylation sites is 1. The van der Waals surface area contributed by atoms with E-state index in [9.17, 15) is 4.79 Å². The van der Waals surface area contributed by atoms with E-state index < -0.39 is 0 Å². The number of hydrogen-bond donors (Lipinski definition) is 0. The van der Waals surface area contributed by atoms with Crippen molar-refractivity contribution in [2.45, 2.75) is 25.2 Å². The van der Waals surface area contributed by atoms with Gasteiger partial charge in [0.1, 0.15) is 11.4 Å². The molecule has 1 unspecified atom stereocenters. The van der Waals surface area contributed by atoms with Gasteiger partial charge in [0.05, 0.1) is 12.8 Å². The van der Waals surface area contributed by atoms with Crippen molar-refractivity contribution in [2.24, 2.45) is 7.05 Å². The minimum Gasteiger partial charge on any atom is -0.496 e. The Bertz CT molecular complexity index is 1330. The number of carbonyl (C=O) groups excluding carboxylic acids is 1. The van der Waals surface area contributed by atoms with E-state index in [1.807, 2.05) is 53.0 Å². The molecule has 0 spiro atoms. The SMILES string of the molecule is COc1ccccc1Cc1cc(C(=O)N2CCCC(c3nccnc3-c3nccn3C)C2)ccn1. The normalized spacial score (nSPS) is 15.7. The van der Waals surface area contributed by atoms with Crippen LogP contribution in [0, 0.1) is 0 Å². The van der Waals surface area contributed by atoms with Crippen molar-refractivity contribution in [1.29, 1.82) is 0 Å². The third-order valence-corrected chi connectivity index (χ3v) is 6.48. The molecule has 1 atom stereocenters. The second-order valence-electron chi connectivity index (χ2n) is 8.77. The highest BCUT2D eigenvalue weighted by molar-refractivity contribution is 5.94. The summed E-state index contributed by atoms with van der Waals surface area (Å²) in [5.41, 5.74) is 4.19. The molecule has 1 aromatic carbocycles. The number of nitrogens with zero attached hydrogens (tertiary/aromatic N) is 6. The second-order valence-corrected chi connectivity index (χ2v) is 8.77. The number of benzene rings is 1. The molecule has 1 fully saturated rings. The number of amides is 1. The molecule has 0 bridgehead atoms. The number of aromatic nitrogens is 5. The molecule has 35 heavy (non-hydrogen) atoms. The molecule has 0 N–H and O–H groups in total. The largest absolute Gasteiger partial charge is 0.496 e. The van der Waals surface area contributed by atoms with E-state index in [1.54, 1.807) is 38.0 Å². The summed E-state index contributed by atoms with van der Waals surface area (Å²) in [4.78, 5) is 33.6. The highest BCUT2D eigenvalue weighted by Crippen LogP contribution is 2.31. The van der Waals surface area contributed by atoms with Crippen LogP contribution < -0.4 is 4.74 Å². The predicted octanol–water partition coefficient (Wildman–Crippen LogP) is 3.89. The Morgan fingerprint density at radius 1 is 1.06 bits per heavy atom. The molecule has 5 rings (SSSR count). The third-order valence-electron chi connectivity index (χ3n) is 6.48. The number of methoxy groups -OCH3 is 1. The lowest BCUT2D eigenvalue weighted by atomic mass is 9.92. The highest BCUT2D eigenvalue weighted by Gasteiger charge is 2.29. The van der Waals surface area contributed by atoms with Crippen molar-refractivity contribution in [2.75, 3.05) is 20.2 Å². The molecule has 0 aliphatic carbocycles. The minimum absolute atomic E-state index is 0.0146. The van der Waals surface area contributed by atoms with Crippen LogP contribution >= 0.6 is 0 Å². The van der Waals surface area contributed by atoms with Crippen LogP contribution in [0.15, 0.2) is 67.4 Å². The van der Waals surface area contributed by atoms with E-state index in [-0.39, 0.29) is 11.8 Å². The van der Waals surface area contributed by atoms with Crippen molar-refractivity contribution in [3.63, 3.8) is 0 Å². The van der Waals surface area contributed by atoms with E-state index in [1.165, 1.54) is 0 Å². The standard InChI is InChI=1S/C27H28N6O2/c1-32-15-13-31-26(32)25-24(29-11-12-30-25)21-7-5-14-33(18-21)27(34)20-9-10-28-22(17-20)16-19-6-3-4-8-23(19)35-2/h3-4,6,8-13,15,17,21H,5,7,14,16,18H2,1-2H3. The Morgan fingerprint density at radius 2 is 1.91 bits per heavy atom. The van der Waals surface area contributed by atoms with Crippen molar-refractivity contribution < 1.29 is 9.53 Å². The lowest BCUT2D eigenvalue weighted by molar-refractivity contribution is 0.0705. The van der Waals surface area contributed by atoms with Gasteiger partial charge in [-0.05, 0) is 31.0 Å². The zero-order valence-electron chi connectivity index (χ0n) is 20.0. The maximum absolute atomic E-state index is 13.5. The Hall–Kier alpha value is -4.07. The lowest BCUT2D eigenvalue weighted by Gasteiger charge is -2.33. The molecule has 1 saturated heterocycles. The van der Waals surface area contributed by atoms with Crippen molar-refractivity contribution in [3.8, 4) is 17.3 Å². The summed E-state index contributed by atoms with van der Waals surface area (Å²) in [6, 6.07) is 11.6. The fraction of sp³-hybridized carbons (Fsp3) is 0.296. The van der Waals surface area contributed by atoms with Crippen LogP contribution in [0.3, 0.4) is 0 Å². The van der Waals surface area contributed by atoms with Gasteiger partial charge in [0, 0.05) is 80.3 Å². The van der Waals surface area contributed by atoms with Gasteiger partial charge in [-0.15, -0.1) is 0 Å². The topological polar surface area (TPSA) is 86.0 Å². The van der Waals surface area contributed by atoms with Gasteiger partial charge >= 0.3 is 0 Å². The van der Waals surface area contributed by atoms with Gasteiger partial charge < -0.3 is 14.2 Å². The van der Waals surface area contributed by atoms with Crippen molar-refractivity contribution in [3.05, 3.63) is 89.9 Å². The Morgan fingerprint density at radius 3 is 2.74 bits per heavy atom. The average Bonchev–Trinajstić information content (AvgIpc) is 3.34. The minimum atomic E-state index is 0.0146. The quantitative estimate of drug-likeness (QED) is 0.427. The first kappa shape index (κ1) is 22.7. The smallest absolute Gasteiger partial charge is 0.253 e. The maximum Gasteiger partial charge on any atom is 0.253 e. The first-order chi connectivity index (χ1) is 17.1. The van der Waals surface area contributed by atoms with Crippen LogP contribution in [-0.2, 0) is 13.5 Å². The second kappa shape index (κ2) is 10.0. The first-order valence-corrected chi connectivity index (χ1v) is 11.8. The Kier molecular flexibility index (Phi) is 6.52. The molecule has 0 saturated carbocycles. The fourth-order valence-electron chi connectivity index (χ4n) is 4.73. The van der Waals surface area contributed by atoms with Crippen LogP contribution in [0.5, 0.6) is 5.75 Å². The number of rotatable bonds is 6. The molecule has 4 aromatic rings. The Balaban J connectivity index is 1.35. The van der Waals surface area contributed by atoms with Crippen LogP contribution in [0.2, 0.25) is 0 Å². The van der Waals surface area contributed by atoms with Gasteiger partial charge in [0.15, 0.2) is 5.82 Å². The number of ether oxygens (including phenoxy) is 1. The van der Waals surface area contributed by atoms with Gasteiger partial charge in [-0.25, -0.2) is 9.97 Å². The van der Waals surface area contributed by atoms with E-state index in [0.29, 0.717) is 18.5 Å². The number of pyridine rings is 1. The third kappa shape index (κ3) is 4.77. The molecular formula is C27H28N6O2. The molecule has 0 radical (unpaired) electrons. The van der Waals surface area contributed by atoms with Crippen LogP contribution in [-0.4, -0.2) is 55.5 Å². The predicted molar refractivity (Wildman–Crippen MR) is 132 cm³/mol. The summed E-state index contributed by atoms with van der Waals surface area (Å²) >= 11 is 0. The van der Waals surface area contributed by atoms with Crippen LogP contribution in [0.25, 0.3) is 11.5 Å². The number of carbonyl (C=O) groups is 1. The Labute approximate surface area is 204 Å². The van der Waals surface area contributed by atoms with E-state index >= 15 is 0 Å². The van der Waals surface area contributed by atoms with E-state index in [2.05, 4.69) is 19.9 Å². The van der Waals surface area contributed by atoms with Gasteiger partial charge in [-0.2, -0.15) is 0 Å². The molecule has 1 amide bonds. The van der Waals surface area contributed by atoms with Gasteiger partial charge in [-0.1, -0.05) is 18.2 Å². The van der Waals surface area contributed by atoms with Gasteiger partial charge in [-0.3, -0.25) is 14.8 Å². The summed E-state index contributed by atoms with van der Waals surface area (Å²) < 4.78 is 7.41. The number of likely N-dealkylation sites (tertiary alicyclic amines) is 1. The number of piperidine rings is 1. The molecule has 1 aliphatic rings. The summed E-state index contributed by atoms with van der Waals surface area (Å²) in [6.45, 7) is 1.32. The van der Waals surface area contributed by atoms with Crippen molar-refractivity contribution >= 4 is 5.91 Å². The molecule has 8 heteroatoms. The first-order valence-electron chi connectivity index (χ1n) is 11.8. The molecule has 178 valence electrons. The fourth-order valence-corrected chi connectivity index (χ4v) is 4.73. The van der Waals surface area contributed by atoms with Crippen molar-refractivity contribution in [1.82, 2.24) is 29.4 Å². The van der Waals surface area contributed by atoms with E-state index in [0.717, 1.165) is 53.6 Å². The zero-order chi connectivity index (χ0) is 24.2. The summed E-state index contributed by atoms with van der Waals surface area (Å²) in [6.07, 6.45) is 11.2. The maximum atomic E-state index is 13.5. The van der Waals surface area contributed by atoms with Crippen LogP contribution in [0.4, 0.5) is 0 Å². The summed E-state index contributed by atoms with van der Waals surface area (Å²) in [5.74, 6) is 1.72. The molecule has 3 aromatic heterocycles. The summed E-state index contributed by atoms with van der Waals surface area (Å²) in [7, 11) is 3.61. The monoisotopic (exact) mass is 468 g/mol. The zero-order valence-corrected chi connectivity index (χ0v) is 20.0. The molecule has 4 heterocycles. The number of hydrogen-bond acceptors (Lipinski definition) is 6.